The van der Waals surface area contributed by atoms with Crippen LogP contribution < -0.4 is 19.7 Å². The Bertz CT molecular complexity index is 1050. The van der Waals surface area contributed by atoms with Crippen LogP contribution in [0.1, 0.15) is 11.1 Å². The predicted molar refractivity (Wildman–Crippen MR) is 132 cm³/mol. The third-order valence-corrected chi connectivity index (χ3v) is 5.82. The van der Waals surface area contributed by atoms with E-state index in [-0.39, 0.29) is 12.5 Å². The Labute approximate surface area is 195 Å². The highest BCUT2D eigenvalue weighted by molar-refractivity contribution is 5.92. The molecular formula is C27H31N3O3. The molecule has 1 aliphatic rings. The summed E-state index contributed by atoms with van der Waals surface area (Å²) in [6.45, 7) is 6.95. The van der Waals surface area contributed by atoms with Gasteiger partial charge in [-0.25, -0.2) is 0 Å². The van der Waals surface area contributed by atoms with E-state index in [1.165, 1.54) is 11.3 Å². The number of benzene rings is 3. The zero-order valence-electron chi connectivity index (χ0n) is 19.3. The van der Waals surface area contributed by atoms with Crippen molar-refractivity contribution in [1.82, 2.24) is 4.90 Å². The molecule has 4 rings (SSSR count). The summed E-state index contributed by atoms with van der Waals surface area (Å²) in [5, 5.41) is 2.89. The highest BCUT2D eigenvalue weighted by Gasteiger charge is 2.17. The third-order valence-electron chi connectivity index (χ3n) is 5.82. The summed E-state index contributed by atoms with van der Waals surface area (Å²) in [5.74, 6) is 0.968. The number of nitrogens with one attached hydrogen (secondary N) is 1. The van der Waals surface area contributed by atoms with Gasteiger partial charge in [-0.2, -0.15) is 0 Å². The molecule has 3 aromatic carbocycles. The summed E-state index contributed by atoms with van der Waals surface area (Å²) in [6, 6.07) is 24.2. The van der Waals surface area contributed by atoms with E-state index >= 15 is 0 Å². The van der Waals surface area contributed by atoms with E-state index in [1.807, 2.05) is 37.3 Å². The molecule has 0 bridgehead atoms. The van der Waals surface area contributed by atoms with Crippen molar-refractivity contribution in [2.24, 2.45) is 0 Å². The molecule has 0 aliphatic carbocycles. The first kappa shape index (κ1) is 22.7. The number of carbonyl (C=O) groups excluding carboxylic acids is 1. The second-order valence-electron chi connectivity index (χ2n) is 8.29. The van der Waals surface area contributed by atoms with Gasteiger partial charge in [0.1, 0.15) is 0 Å². The fraction of sp³-hybridized carbons (Fsp3) is 0.296. The molecule has 0 radical (unpaired) electrons. The molecule has 0 spiro atoms. The fourth-order valence-electron chi connectivity index (χ4n) is 4.00. The van der Waals surface area contributed by atoms with E-state index in [0.717, 1.165) is 44.0 Å². The number of anilines is 2. The highest BCUT2D eigenvalue weighted by Crippen LogP contribution is 2.27. The molecule has 1 N–H and O–H groups in total. The van der Waals surface area contributed by atoms with Gasteiger partial charge in [-0.05, 0) is 54.4 Å². The summed E-state index contributed by atoms with van der Waals surface area (Å²) in [5.41, 5.74) is 4.36. The summed E-state index contributed by atoms with van der Waals surface area (Å²) in [7, 11) is 1.59. The molecule has 0 atom stereocenters. The van der Waals surface area contributed by atoms with Gasteiger partial charge < -0.3 is 19.7 Å². The number of methoxy groups -OCH3 is 1. The molecule has 6 nitrogen and oxygen atoms in total. The molecule has 6 heteroatoms. The maximum absolute atomic E-state index is 12.3. The van der Waals surface area contributed by atoms with Crippen molar-refractivity contribution in [3.63, 3.8) is 0 Å². The number of aryl methyl sites for hydroxylation is 1. The van der Waals surface area contributed by atoms with Crippen LogP contribution in [-0.4, -0.2) is 50.7 Å². The van der Waals surface area contributed by atoms with Crippen LogP contribution in [0.3, 0.4) is 0 Å². The van der Waals surface area contributed by atoms with Crippen LogP contribution in [0, 0.1) is 6.92 Å². The minimum absolute atomic E-state index is 0.0788. The lowest BCUT2D eigenvalue weighted by molar-refractivity contribution is -0.118. The minimum atomic E-state index is -0.208. The molecular weight excluding hydrogens is 414 g/mol. The van der Waals surface area contributed by atoms with Crippen molar-refractivity contribution in [2.45, 2.75) is 13.5 Å². The number of carbonyl (C=O) groups is 1. The van der Waals surface area contributed by atoms with Gasteiger partial charge >= 0.3 is 0 Å². The van der Waals surface area contributed by atoms with Gasteiger partial charge in [0.15, 0.2) is 18.1 Å². The van der Waals surface area contributed by atoms with E-state index in [1.54, 1.807) is 7.11 Å². The van der Waals surface area contributed by atoms with E-state index in [4.69, 9.17) is 9.47 Å². The average molecular weight is 446 g/mol. The number of ether oxygens (including phenoxy) is 2. The third kappa shape index (κ3) is 6.26. The van der Waals surface area contributed by atoms with Gasteiger partial charge in [0.05, 0.1) is 7.11 Å². The van der Waals surface area contributed by atoms with Crippen LogP contribution in [0.2, 0.25) is 0 Å². The van der Waals surface area contributed by atoms with Gasteiger partial charge in [0, 0.05) is 44.1 Å². The lowest BCUT2D eigenvalue weighted by atomic mass is 10.2. The summed E-state index contributed by atoms with van der Waals surface area (Å²) in [6.07, 6.45) is 0. The quantitative estimate of drug-likeness (QED) is 0.559. The van der Waals surface area contributed by atoms with Gasteiger partial charge in [0.2, 0.25) is 0 Å². The van der Waals surface area contributed by atoms with Gasteiger partial charge in [-0.15, -0.1) is 0 Å². The van der Waals surface area contributed by atoms with Crippen molar-refractivity contribution < 1.29 is 14.3 Å². The second-order valence-corrected chi connectivity index (χ2v) is 8.29. The van der Waals surface area contributed by atoms with E-state index in [0.29, 0.717) is 11.5 Å². The lowest BCUT2D eigenvalue weighted by Gasteiger charge is -2.36. The number of hydrogen-bond donors (Lipinski definition) is 1. The summed E-state index contributed by atoms with van der Waals surface area (Å²) < 4.78 is 11.0. The number of rotatable bonds is 8. The smallest absolute Gasteiger partial charge is 0.262 e. The molecule has 1 amide bonds. The molecule has 0 saturated carbocycles. The first-order chi connectivity index (χ1) is 16.1. The second kappa shape index (κ2) is 10.9. The van der Waals surface area contributed by atoms with E-state index in [9.17, 15) is 4.79 Å². The zero-order chi connectivity index (χ0) is 23.0. The fourth-order valence-corrected chi connectivity index (χ4v) is 4.00. The van der Waals surface area contributed by atoms with Crippen molar-refractivity contribution in [3.05, 3.63) is 83.9 Å². The molecule has 3 aromatic rings. The Morgan fingerprint density at radius 2 is 1.64 bits per heavy atom. The minimum Gasteiger partial charge on any atom is -0.493 e. The van der Waals surface area contributed by atoms with E-state index < -0.39 is 0 Å². The van der Waals surface area contributed by atoms with Crippen LogP contribution in [0.5, 0.6) is 11.5 Å². The average Bonchev–Trinajstić information content (AvgIpc) is 2.85. The Balaban J connectivity index is 1.24. The monoisotopic (exact) mass is 445 g/mol. The van der Waals surface area contributed by atoms with Crippen LogP contribution in [0.4, 0.5) is 11.4 Å². The van der Waals surface area contributed by atoms with Gasteiger partial charge in [0.25, 0.3) is 5.91 Å². The summed E-state index contributed by atoms with van der Waals surface area (Å²) >= 11 is 0. The topological polar surface area (TPSA) is 54.0 Å². The Kier molecular flexibility index (Phi) is 7.47. The first-order valence-corrected chi connectivity index (χ1v) is 11.3. The molecule has 33 heavy (non-hydrogen) atoms. The SMILES string of the molecule is COc1cc(C)ccc1OCC(=O)Nc1ccc(N2CCN(Cc3ccccc3)CC2)cc1. The van der Waals surface area contributed by atoms with Gasteiger partial charge in [-0.3, -0.25) is 9.69 Å². The van der Waals surface area contributed by atoms with Crippen LogP contribution in [0.25, 0.3) is 0 Å². The van der Waals surface area contributed by atoms with Gasteiger partial charge in [-0.1, -0.05) is 36.4 Å². The summed E-state index contributed by atoms with van der Waals surface area (Å²) in [4.78, 5) is 17.2. The molecule has 1 heterocycles. The molecule has 0 unspecified atom stereocenters. The van der Waals surface area contributed by atoms with Crippen LogP contribution in [-0.2, 0) is 11.3 Å². The molecule has 1 aliphatic heterocycles. The maximum Gasteiger partial charge on any atom is 0.262 e. The molecule has 1 fully saturated rings. The number of piperazine rings is 1. The standard InChI is InChI=1S/C27H31N3O3/c1-21-8-13-25(26(18-21)32-2)33-20-27(31)28-23-9-11-24(12-10-23)30-16-14-29(15-17-30)19-22-6-4-3-5-7-22/h3-13,18H,14-17,19-20H2,1-2H3,(H,28,31). The maximum atomic E-state index is 12.3. The zero-order valence-corrected chi connectivity index (χ0v) is 19.3. The Hall–Kier alpha value is -3.51. The van der Waals surface area contributed by atoms with Crippen molar-refractivity contribution >= 4 is 17.3 Å². The van der Waals surface area contributed by atoms with Crippen LogP contribution in [0.15, 0.2) is 72.8 Å². The van der Waals surface area contributed by atoms with E-state index in [2.05, 4.69) is 57.6 Å². The Morgan fingerprint density at radius 3 is 2.33 bits per heavy atom. The number of nitrogens with zero attached hydrogens (tertiary/aromatic N) is 2. The number of hydrogen-bond acceptors (Lipinski definition) is 5. The Morgan fingerprint density at radius 1 is 0.909 bits per heavy atom. The first-order valence-electron chi connectivity index (χ1n) is 11.3. The van der Waals surface area contributed by atoms with Crippen molar-refractivity contribution in [3.8, 4) is 11.5 Å². The van der Waals surface area contributed by atoms with Crippen molar-refractivity contribution in [2.75, 3.05) is 50.1 Å². The largest absolute Gasteiger partial charge is 0.493 e. The van der Waals surface area contributed by atoms with Crippen LogP contribution >= 0.6 is 0 Å². The normalized spacial score (nSPS) is 14.1. The molecule has 0 aromatic heterocycles. The number of amides is 1. The van der Waals surface area contributed by atoms with Crippen molar-refractivity contribution in [1.29, 1.82) is 0 Å². The predicted octanol–water partition coefficient (Wildman–Crippen LogP) is 4.34. The lowest BCUT2D eigenvalue weighted by Crippen LogP contribution is -2.45. The highest BCUT2D eigenvalue weighted by atomic mass is 16.5. The molecule has 172 valence electrons. The molecule has 1 saturated heterocycles.